The Morgan fingerprint density at radius 3 is 1.07 bits per heavy atom. The molecule has 0 saturated carbocycles. The molecule has 0 atom stereocenters. The minimum atomic E-state index is -6.57. The van der Waals surface area contributed by atoms with Gasteiger partial charge in [0.1, 0.15) is 0 Å². The van der Waals surface area contributed by atoms with E-state index in [0.717, 1.165) is 43.8 Å². The summed E-state index contributed by atoms with van der Waals surface area (Å²) in [6.07, 6.45) is -6.89. The van der Waals surface area contributed by atoms with E-state index in [1.54, 1.807) is 0 Å². The molecule has 0 unspecified atom stereocenters. The van der Waals surface area contributed by atoms with Crippen LogP contribution in [0, 0.1) is 45.8 Å². The zero-order valence-electron chi connectivity index (χ0n) is 31.3. The van der Waals surface area contributed by atoms with Crippen LogP contribution in [0.15, 0.2) is 109 Å². The van der Waals surface area contributed by atoms with Crippen molar-refractivity contribution in [2.24, 2.45) is 5.41 Å². The minimum Gasteiger partial charge on any atom is -0.506 e. The first-order valence-corrected chi connectivity index (χ1v) is 17.7. The average molecular weight is 959 g/mol. The van der Waals surface area contributed by atoms with Crippen LogP contribution in [0.2, 0.25) is 0 Å². The molecule has 8 bridgehead atoms. The number of benzene rings is 4. The normalized spacial score (nSPS) is 12.9. The number of hydrogen-bond donors (Lipinski definition) is 1. The summed E-state index contributed by atoms with van der Waals surface area (Å²) in [6, 6.07) is 31.8. The number of nitrogens with zero attached hydrogens (tertiary/aromatic N) is 8. The van der Waals surface area contributed by atoms with E-state index >= 15 is 0 Å². The van der Waals surface area contributed by atoms with Gasteiger partial charge in [0.25, 0.3) is 0 Å². The maximum absolute atomic E-state index is 12.9. The molecule has 0 radical (unpaired) electrons. The number of alkyl halides is 7. The summed E-state index contributed by atoms with van der Waals surface area (Å²) in [5.74, 6) is -14.1. The smallest absolute Gasteiger partial charge is 0.460 e. The second-order valence-electron chi connectivity index (χ2n) is 14.5. The van der Waals surface area contributed by atoms with Gasteiger partial charge in [-0.05, 0) is 21.5 Å². The van der Waals surface area contributed by atoms with Crippen molar-refractivity contribution in [3.05, 3.63) is 109 Å². The quantitative estimate of drug-likeness (QED) is 0.103. The van der Waals surface area contributed by atoms with Crippen molar-refractivity contribution in [2.75, 3.05) is 0 Å². The van der Waals surface area contributed by atoms with E-state index in [0.29, 0.717) is 45.9 Å². The van der Waals surface area contributed by atoms with E-state index in [2.05, 4.69) is 0 Å². The van der Waals surface area contributed by atoms with Crippen molar-refractivity contribution in [1.29, 1.82) is 0 Å². The third-order valence-electron chi connectivity index (χ3n) is 9.41. The molecule has 4 aromatic carbocycles. The fourth-order valence-electron chi connectivity index (χ4n) is 6.23. The number of carbonyl (C=O) groups is 1. The first-order valence-electron chi connectivity index (χ1n) is 17.7. The van der Waals surface area contributed by atoms with Crippen LogP contribution in [0.1, 0.15) is 20.8 Å². The Labute approximate surface area is 367 Å². The molecule has 0 saturated heterocycles. The minimum absolute atomic E-state index is 0. The van der Waals surface area contributed by atoms with E-state index in [1.165, 1.54) is 20.8 Å². The monoisotopic (exact) mass is 960 g/mol. The number of aliphatic hydroxyl groups excluding tert-OH is 1. The number of rotatable bonds is 3. The molecule has 0 fully saturated rings. The van der Waals surface area contributed by atoms with Crippen LogP contribution in [-0.4, -0.2) is 58.8 Å². The molecule has 2 aliphatic rings. The Hall–Kier alpha value is -5.70. The summed E-state index contributed by atoms with van der Waals surface area (Å²) in [5, 5.41) is 12.3. The van der Waals surface area contributed by atoms with Crippen molar-refractivity contribution in [3.63, 3.8) is 0 Å². The van der Waals surface area contributed by atoms with Gasteiger partial charge in [0.2, 0.25) is 0 Å². The molecular formula is C42H27F7N8O2Sm-2. The van der Waals surface area contributed by atoms with E-state index < -0.39 is 35.0 Å². The average Bonchev–Trinajstić information content (AvgIpc) is 3.93. The Balaban J connectivity index is 0.000000234. The van der Waals surface area contributed by atoms with Crippen LogP contribution in [0.4, 0.5) is 30.7 Å². The predicted molar refractivity (Wildman–Crippen MR) is 205 cm³/mol. The number of carbonyl (C=O) groups excluding carboxylic acids is 1. The van der Waals surface area contributed by atoms with Crippen LogP contribution in [-0.2, 0) is 4.79 Å². The zero-order chi connectivity index (χ0) is 42.1. The predicted octanol–water partition coefficient (Wildman–Crippen LogP) is 10.0. The molecule has 0 amide bonds. The SMILES string of the molecule is CC(C)(C)C(=O)C=C(O)C(F)(F)C(F)(F)C(F)(F)F.[Sm].c1ccc2c(c1)-c1nc-2nc2[n-]c(nc3nc(nc4[n-]c(n1)c1ccccc41)-c1ccccc1-3)c1ccccc21. The van der Waals surface area contributed by atoms with Gasteiger partial charge in [0, 0.05) is 96.7 Å². The van der Waals surface area contributed by atoms with Gasteiger partial charge in [0.15, 0.2) is 11.5 Å². The third-order valence-corrected chi connectivity index (χ3v) is 9.41. The van der Waals surface area contributed by atoms with Gasteiger partial charge >= 0.3 is 18.0 Å². The third kappa shape index (κ3) is 7.41. The van der Waals surface area contributed by atoms with Crippen LogP contribution >= 0.6 is 0 Å². The molecule has 0 aliphatic carbocycles. The maximum Gasteiger partial charge on any atom is 0.460 e. The van der Waals surface area contributed by atoms with Crippen molar-refractivity contribution >= 4 is 49.9 Å². The molecule has 3 aromatic heterocycles. The van der Waals surface area contributed by atoms with Crippen LogP contribution in [0.5, 0.6) is 0 Å². The number of hydrogen-bond acceptors (Lipinski definition) is 8. The summed E-state index contributed by atoms with van der Waals surface area (Å²) in [4.78, 5) is 50.5. The molecule has 10 nitrogen and oxygen atoms in total. The van der Waals surface area contributed by atoms with Gasteiger partial charge in [-0.15, -0.1) is 0 Å². The fourth-order valence-corrected chi connectivity index (χ4v) is 6.23. The Morgan fingerprint density at radius 2 is 0.800 bits per heavy atom. The first-order chi connectivity index (χ1) is 27.8. The molecule has 7 aromatic rings. The number of allylic oxidation sites excluding steroid dienone is 2. The fraction of sp³-hybridized carbons (Fsp3) is 0.167. The molecule has 0 spiro atoms. The number of ketones is 1. The molecule has 18 heteroatoms. The molecule has 9 rings (SSSR count). The van der Waals surface area contributed by atoms with E-state index in [-0.39, 0.29) is 46.5 Å². The molecule has 2 aliphatic heterocycles. The van der Waals surface area contributed by atoms with Crippen molar-refractivity contribution < 1.29 is 81.0 Å². The molecule has 304 valence electrons. The zero-order valence-corrected chi connectivity index (χ0v) is 33.9. The van der Waals surface area contributed by atoms with Crippen molar-refractivity contribution in [1.82, 2.24) is 39.9 Å². The molecule has 1 N–H and O–H groups in total. The van der Waals surface area contributed by atoms with Gasteiger partial charge in [-0.25, -0.2) is 9.97 Å². The standard InChI is InChI=1S/C32H16N8.C10H11F7O2.Sm/c1-2-10-18-17(9-1)25-33-26(18)38-28-21-13-5-6-14-22(21)30(35-28)40-32-24-16-8-7-15-23(24)31(36-32)39-29-20-12-4-3-11-19(20)27(34-29)37-25;1-7(2,3)5(18)4-6(19)8(11,12)9(13,14)10(15,16)17;/h1-16H;4,19H,1-3H3;/q-2;;. The Bertz CT molecular complexity index is 2730. The van der Waals surface area contributed by atoms with Crippen molar-refractivity contribution in [3.8, 4) is 45.6 Å². The van der Waals surface area contributed by atoms with Gasteiger partial charge < -0.3 is 35.0 Å². The van der Waals surface area contributed by atoms with Gasteiger partial charge in [-0.3, -0.25) is 4.79 Å². The van der Waals surface area contributed by atoms with Crippen molar-refractivity contribution in [2.45, 2.75) is 38.8 Å². The summed E-state index contributed by atoms with van der Waals surface area (Å²) in [6.45, 7) is 3.62. The number of fused-ring (bicyclic) bond motifs is 20. The summed E-state index contributed by atoms with van der Waals surface area (Å²) >= 11 is 0. The molecule has 60 heavy (non-hydrogen) atoms. The largest absolute Gasteiger partial charge is 0.506 e. The number of aromatic nitrogens is 8. The summed E-state index contributed by atoms with van der Waals surface area (Å²) < 4.78 is 86.3. The summed E-state index contributed by atoms with van der Waals surface area (Å²) in [5.41, 5.74) is 4.46. The van der Waals surface area contributed by atoms with Gasteiger partial charge in [-0.2, -0.15) is 30.7 Å². The maximum atomic E-state index is 12.9. The number of halogens is 7. The second-order valence-corrected chi connectivity index (χ2v) is 14.5. The van der Waals surface area contributed by atoms with Crippen LogP contribution in [0.25, 0.3) is 89.7 Å². The van der Waals surface area contributed by atoms with E-state index in [4.69, 9.17) is 45.0 Å². The topological polar surface area (TPSA) is 143 Å². The second kappa shape index (κ2) is 15.4. The molecular weight excluding hydrogens is 932 g/mol. The number of aliphatic hydroxyl groups is 1. The van der Waals surface area contributed by atoms with Crippen LogP contribution in [0.3, 0.4) is 0 Å². The van der Waals surface area contributed by atoms with Crippen LogP contribution < -0.4 is 9.97 Å². The summed E-state index contributed by atoms with van der Waals surface area (Å²) in [7, 11) is 0. The van der Waals surface area contributed by atoms with E-state index in [1.807, 2.05) is 97.1 Å². The van der Waals surface area contributed by atoms with E-state index in [9.17, 15) is 35.5 Å². The Morgan fingerprint density at radius 1 is 0.517 bits per heavy atom. The first kappa shape index (κ1) is 42.4. The molecule has 5 heterocycles. The van der Waals surface area contributed by atoms with Gasteiger partial charge in [-0.1, -0.05) is 118 Å². The van der Waals surface area contributed by atoms with Gasteiger partial charge in [0.05, 0.1) is 23.3 Å². The Kier molecular flexibility index (Phi) is 10.9.